The fourth-order valence-electron chi connectivity index (χ4n) is 5.64. The number of ether oxygens (including phenoxy) is 7. The van der Waals surface area contributed by atoms with E-state index in [1.54, 1.807) is 12.1 Å². The van der Waals surface area contributed by atoms with Gasteiger partial charge in [0.25, 0.3) is 0 Å². The van der Waals surface area contributed by atoms with Crippen LogP contribution >= 0.6 is 0 Å². The summed E-state index contributed by atoms with van der Waals surface area (Å²) in [6.07, 6.45) is -5.93. The van der Waals surface area contributed by atoms with Crippen LogP contribution in [0.4, 0.5) is 0 Å². The first-order valence-electron chi connectivity index (χ1n) is 14.5. The van der Waals surface area contributed by atoms with E-state index in [1.165, 1.54) is 28.1 Å². The van der Waals surface area contributed by atoms with Crippen LogP contribution in [0.3, 0.4) is 0 Å². The Morgan fingerprint density at radius 1 is 0.739 bits per heavy atom. The van der Waals surface area contributed by atoms with E-state index in [1.807, 2.05) is 42.5 Å². The molecule has 0 bridgehead atoms. The Morgan fingerprint density at radius 2 is 1.39 bits per heavy atom. The minimum atomic E-state index is -1.34. The lowest BCUT2D eigenvalue weighted by Crippen LogP contribution is -2.59. The molecule has 12 nitrogen and oxygen atoms in total. The zero-order valence-electron chi connectivity index (χ0n) is 26.4. The Balaban J connectivity index is 1.84. The fourth-order valence-corrected chi connectivity index (χ4v) is 5.64. The Hall–Kier alpha value is -4.97. The van der Waals surface area contributed by atoms with Crippen LogP contribution in [0.2, 0.25) is 0 Å². The second-order valence-corrected chi connectivity index (χ2v) is 10.7. The number of carbonyl (C=O) groups is 5. The van der Waals surface area contributed by atoms with Crippen molar-refractivity contribution in [3.8, 4) is 16.9 Å². The van der Waals surface area contributed by atoms with Crippen molar-refractivity contribution in [3.05, 3.63) is 76.9 Å². The standard InChI is InChI=1S/C34H36O12/c1-18(35)42-17-28-31(43-19(2)36)33(45-21(4)38)32(44-20(3)37)30(46-28)26-15-22(12-13-27(26)40-5)14-24-16-23-10-8-7-9-11-25(23)29(24)34(39)41-6/h7-13,15-16,28,30-33H,14,17H2,1-6H3/t28-,30+,31-,32+,33+/m1/s1. The van der Waals surface area contributed by atoms with E-state index >= 15 is 0 Å². The summed E-state index contributed by atoms with van der Waals surface area (Å²) in [5, 5.41) is 0. The zero-order chi connectivity index (χ0) is 33.5. The number of esters is 5. The predicted molar refractivity (Wildman–Crippen MR) is 161 cm³/mol. The summed E-state index contributed by atoms with van der Waals surface area (Å²) in [5.41, 5.74) is 3.87. The fraction of sp³-hybridized carbons (Fsp3) is 0.382. The summed E-state index contributed by atoms with van der Waals surface area (Å²) in [5.74, 6) is -2.94. The highest BCUT2D eigenvalue weighted by molar-refractivity contribution is 6.01. The largest absolute Gasteiger partial charge is 0.496 e. The molecule has 1 aromatic rings. The number of hydrogen-bond donors (Lipinski definition) is 0. The van der Waals surface area contributed by atoms with Crippen LogP contribution in [0.25, 0.3) is 11.1 Å². The van der Waals surface area contributed by atoms with Gasteiger partial charge in [-0.2, -0.15) is 0 Å². The maximum absolute atomic E-state index is 12.9. The highest BCUT2D eigenvalue weighted by atomic mass is 16.7. The minimum absolute atomic E-state index is 0.297. The predicted octanol–water partition coefficient (Wildman–Crippen LogP) is 3.98. The highest BCUT2D eigenvalue weighted by Crippen LogP contribution is 2.42. The van der Waals surface area contributed by atoms with Gasteiger partial charge in [-0.05, 0) is 46.9 Å². The van der Waals surface area contributed by atoms with Crippen molar-refractivity contribution in [3.63, 3.8) is 0 Å². The average molecular weight is 637 g/mol. The first-order chi connectivity index (χ1) is 21.9. The van der Waals surface area contributed by atoms with Gasteiger partial charge in [-0.3, -0.25) is 19.2 Å². The van der Waals surface area contributed by atoms with Gasteiger partial charge in [0.1, 0.15) is 24.6 Å². The molecule has 46 heavy (non-hydrogen) atoms. The van der Waals surface area contributed by atoms with Crippen LogP contribution in [0, 0.1) is 0 Å². The molecule has 1 fully saturated rings. The third-order valence-corrected chi connectivity index (χ3v) is 7.37. The molecule has 0 saturated carbocycles. The molecule has 5 atom stereocenters. The van der Waals surface area contributed by atoms with Crippen LogP contribution < -0.4 is 4.74 Å². The number of benzene rings is 1. The van der Waals surface area contributed by atoms with Gasteiger partial charge in [-0.25, -0.2) is 4.79 Å². The highest BCUT2D eigenvalue weighted by Gasteiger charge is 2.53. The third-order valence-electron chi connectivity index (χ3n) is 7.37. The quantitative estimate of drug-likeness (QED) is 0.234. The molecule has 3 aliphatic rings. The molecule has 0 amide bonds. The Bertz CT molecular complexity index is 1580. The van der Waals surface area contributed by atoms with Crippen molar-refractivity contribution in [2.75, 3.05) is 20.8 Å². The van der Waals surface area contributed by atoms with Gasteiger partial charge in [0.15, 0.2) is 18.3 Å². The molecule has 2 aliphatic carbocycles. The molecule has 1 heterocycles. The smallest absolute Gasteiger partial charge is 0.338 e. The molecule has 244 valence electrons. The van der Waals surface area contributed by atoms with Gasteiger partial charge in [-0.1, -0.05) is 36.4 Å². The summed E-state index contributed by atoms with van der Waals surface area (Å²) >= 11 is 0. The van der Waals surface area contributed by atoms with Crippen molar-refractivity contribution in [1.29, 1.82) is 0 Å². The molecular formula is C34H36O12. The Morgan fingerprint density at radius 3 is 2.02 bits per heavy atom. The molecule has 0 aromatic heterocycles. The van der Waals surface area contributed by atoms with Crippen LogP contribution in [-0.4, -0.2) is 75.1 Å². The second-order valence-electron chi connectivity index (χ2n) is 10.7. The summed E-state index contributed by atoms with van der Waals surface area (Å²) in [7, 11) is 2.77. The first-order valence-corrected chi connectivity index (χ1v) is 14.5. The van der Waals surface area contributed by atoms with Gasteiger partial charge >= 0.3 is 29.8 Å². The molecule has 1 saturated heterocycles. The van der Waals surface area contributed by atoms with E-state index in [9.17, 15) is 24.0 Å². The van der Waals surface area contributed by atoms with E-state index in [4.69, 9.17) is 33.2 Å². The Labute approximate surface area is 266 Å². The van der Waals surface area contributed by atoms with E-state index in [0.29, 0.717) is 28.9 Å². The minimum Gasteiger partial charge on any atom is -0.496 e. The van der Waals surface area contributed by atoms with Crippen molar-refractivity contribution in [2.24, 2.45) is 0 Å². The zero-order valence-corrected chi connectivity index (χ0v) is 26.4. The van der Waals surface area contributed by atoms with Crippen LogP contribution in [0.15, 0.2) is 54.6 Å². The Kier molecular flexibility index (Phi) is 11.0. The van der Waals surface area contributed by atoms with Crippen LogP contribution in [-0.2, 0) is 54.0 Å². The summed E-state index contributed by atoms with van der Waals surface area (Å²) in [4.78, 5) is 61.4. The number of carbonyl (C=O) groups excluding carboxylic acids is 5. The van der Waals surface area contributed by atoms with E-state index in [0.717, 1.165) is 30.5 Å². The summed E-state index contributed by atoms with van der Waals surface area (Å²) in [6, 6.07) is 16.5. The van der Waals surface area contributed by atoms with E-state index in [-0.39, 0.29) is 6.61 Å². The average Bonchev–Trinajstić information content (AvgIpc) is 3.16. The van der Waals surface area contributed by atoms with Crippen molar-refractivity contribution < 1.29 is 57.1 Å². The van der Waals surface area contributed by atoms with Gasteiger partial charge < -0.3 is 33.2 Å². The lowest BCUT2D eigenvalue weighted by atomic mass is 9.88. The summed E-state index contributed by atoms with van der Waals surface area (Å²) < 4.78 is 39.1. The van der Waals surface area contributed by atoms with Crippen LogP contribution in [0.1, 0.15) is 60.8 Å². The van der Waals surface area contributed by atoms with Gasteiger partial charge in [-0.15, -0.1) is 0 Å². The normalized spacial score (nSPS) is 20.7. The molecule has 0 radical (unpaired) electrons. The molecule has 1 aliphatic heterocycles. The van der Waals surface area contributed by atoms with Crippen molar-refractivity contribution in [1.82, 2.24) is 0 Å². The van der Waals surface area contributed by atoms with Crippen molar-refractivity contribution in [2.45, 2.75) is 64.6 Å². The number of methoxy groups -OCH3 is 2. The number of hydrogen-bond acceptors (Lipinski definition) is 12. The van der Waals surface area contributed by atoms with Crippen molar-refractivity contribution >= 4 is 29.8 Å². The molecule has 0 N–H and O–H groups in total. The maximum Gasteiger partial charge on any atom is 0.338 e. The second kappa shape index (κ2) is 14.9. The summed E-state index contributed by atoms with van der Waals surface area (Å²) in [6.45, 7) is 4.33. The number of fused-ring (bicyclic) bond motifs is 1. The molecule has 0 spiro atoms. The molecule has 12 heteroatoms. The molecule has 1 aromatic carbocycles. The van der Waals surface area contributed by atoms with Crippen LogP contribution in [0.5, 0.6) is 5.75 Å². The van der Waals surface area contributed by atoms with Gasteiger partial charge in [0.2, 0.25) is 0 Å². The lowest BCUT2D eigenvalue weighted by Gasteiger charge is -2.44. The molecule has 0 unspecified atom stereocenters. The SMILES string of the molecule is COC(=O)c1c(Cc2ccc(OC)c([C@@H]3O[C@H](COC(C)=O)[C@@H](OC(C)=O)[C@H](OC(C)=O)[C@H]3OC(C)=O)c2)cc2cccccc1-2. The monoisotopic (exact) mass is 636 g/mol. The number of rotatable bonds is 10. The maximum atomic E-state index is 12.9. The van der Waals surface area contributed by atoms with Gasteiger partial charge in [0, 0.05) is 33.3 Å². The third kappa shape index (κ3) is 7.81. The van der Waals surface area contributed by atoms with Gasteiger partial charge in [0.05, 0.1) is 19.8 Å². The van der Waals surface area contributed by atoms with E-state index < -0.39 is 60.4 Å². The van der Waals surface area contributed by atoms with E-state index in [2.05, 4.69) is 0 Å². The molecular weight excluding hydrogens is 600 g/mol. The molecule has 4 rings (SSSR count). The topological polar surface area (TPSA) is 150 Å². The first kappa shape index (κ1) is 33.9. The lowest BCUT2D eigenvalue weighted by molar-refractivity contribution is -0.254.